The lowest BCUT2D eigenvalue weighted by atomic mass is 9.89. The largest absolute Gasteiger partial charge is 0.477 e. The molecule has 1 aromatic heterocycles. The molecule has 0 spiro atoms. The second-order valence-corrected chi connectivity index (χ2v) is 4.99. The summed E-state index contributed by atoms with van der Waals surface area (Å²) in [4.78, 5) is 23.6. The van der Waals surface area contributed by atoms with E-state index < -0.39 is 5.97 Å². The molecule has 4 nitrogen and oxygen atoms in total. The molecule has 18 heavy (non-hydrogen) atoms. The molecule has 1 heterocycles. The van der Waals surface area contributed by atoms with Crippen LogP contribution in [0.3, 0.4) is 0 Å². The summed E-state index contributed by atoms with van der Waals surface area (Å²) in [7, 11) is 0. The zero-order valence-electron chi connectivity index (χ0n) is 10.9. The number of carboxylic acid groups (broad SMARTS) is 1. The van der Waals surface area contributed by atoms with Gasteiger partial charge in [0.05, 0.1) is 0 Å². The van der Waals surface area contributed by atoms with Crippen LogP contribution < -0.4 is 5.56 Å². The highest BCUT2D eigenvalue weighted by Gasteiger charge is 2.23. The average molecular weight is 249 g/mol. The Morgan fingerprint density at radius 1 is 1.44 bits per heavy atom. The zero-order valence-corrected chi connectivity index (χ0v) is 10.9. The third kappa shape index (κ3) is 2.07. The maximum atomic E-state index is 12.3. The van der Waals surface area contributed by atoms with Crippen LogP contribution in [0.15, 0.2) is 11.0 Å². The molecule has 2 rings (SSSR count). The van der Waals surface area contributed by atoms with Gasteiger partial charge in [0.1, 0.15) is 5.56 Å². The number of aryl methyl sites for hydroxylation is 1. The molecule has 0 amide bonds. The average Bonchev–Trinajstić information content (AvgIpc) is 2.36. The van der Waals surface area contributed by atoms with Crippen molar-refractivity contribution in [2.24, 2.45) is 0 Å². The van der Waals surface area contributed by atoms with Crippen LogP contribution in [-0.2, 0) is 12.8 Å². The molecular formula is C14H19NO3. The Morgan fingerprint density at radius 2 is 2.11 bits per heavy atom. The van der Waals surface area contributed by atoms with E-state index in [1.807, 2.05) is 20.0 Å². The second-order valence-electron chi connectivity index (χ2n) is 4.99. The number of carbonyl (C=O) groups is 1. The molecule has 0 bridgehead atoms. The normalized spacial score (nSPS) is 16.1. The molecule has 0 aliphatic heterocycles. The first-order valence-corrected chi connectivity index (χ1v) is 6.56. The van der Waals surface area contributed by atoms with E-state index in [1.54, 1.807) is 4.57 Å². The predicted octanol–water partition coefficient (Wildman–Crippen LogP) is 2.40. The van der Waals surface area contributed by atoms with Gasteiger partial charge in [-0.3, -0.25) is 4.79 Å². The van der Waals surface area contributed by atoms with Crippen LogP contribution in [0.2, 0.25) is 0 Å². The summed E-state index contributed by atoms with van der Waals surface area (Å²) >= 11 is 0. The maximum Gasteiger partial charge on any atom is 0.341 e. The highest BCUT2D eigenvalue weighted by molar-refractivity contribution is 5.89. The number of aromatic carboxylic acids is 1. The molecule has 0 aromatic carbocycles. The van der Waals surface area contributed by atoms with Crippen molar-refractivity contribution < 1.29 is 9.90 Å². The monoisotopic (exact) mass is 249 g/mol. The lowest BCUT2D eigenvalue weighted by Gasteiger charge is -2.22. The highest BCUT2D eigenvalue weighted by atomic mass is 16.4. The van der Waals surface area contributed by atoms with Crippen molar-refractivity contribution in [3.63, 3.8) is 0 Å². The van der Waals surface area contributed by atoms with Gasteiger partial charge >= 0.3 is 5.97 Å². The van der Waals surface area contributed by atoms with Gasteiger partial charge in [-0.2, -0.15) is 0 Å². The van der Waals surface area contributed by atoms with E-state index in [1.165, 1.54) is 0 Å². The Morgan fingerprint density at radius 3 is 2.72 bits per heavy atom. The van der Waals surface area contributed by atoms with Gasteiger partial charge in [-0.1, -0.05) is 6.92 Å². The third-order valence-electron chi connectivity index (χ3n) is 3.84. The van der Waals surface area contributed by atoms with Crippen molar-refractivity contribution in [2.45, 2.75) is 52.0 Å². The summed E-state index contributed by atoms with van der Waals surface area (Å²) < 4.78 is 1.59. The Kier molecular flexibility index (Phi) is 3.55. The van der Waals surface area contributed by atoms with Crippen LogP contribution in [0.1, 0.15) is 60.6 Å². The lowest BCUT2D eigenvalue weighted by molar-refractivity contribution is 0.0692. The molecule has 0 saturated carbocycles. The molecule has 0 radical (unpaired) electrons. The fraction of sp³-hybridized carbons (Fsp3) is 0.571. The van der Waals surface area contributed by atoms with E-state index in [9.17, 15) is 14.7 Å². The first kappa shape index (κ1) is 12.9. The summed E-state index contributed by atoms with van der Waals surface area (Å²) in [5.41, 5.74) is 1.45. The number of nitrogens with zero attached hydrogens (tertiary/aromatic N) is 1. The minimum atomic E-state index is -1.09. The molecule has 1 atom stereocenters. The van der Waals surface area contributed by atoms with Crippen molar-refractivity contribution >= 4 is 5.97 Å². The zero-order chi connectivity index (χ0) is 13.3. The van der Waals surface area contributed by atoms with Gasteiger partial charge in [0.15, 0.2) is 0 Å². The van der Waals surface area contributed by atoms with Crippen LogP contribution in [0.5, 0.6) is 0 Å². The van der Waals surface area contributed by atoms with Crippen molar-refractivity contribution in [2.75, 3.05) is 0 Å². The summed E-state index contributed by atoms with van der Waals surface area (Å²) in [6.07, 6.45) is 6.33. The Bertz CT molecular complexity index is 531. The highest BCUT2D eigenvalue weighted by Crippen LogP contribution is 2.24. The van der Waals surface area contributed by atoms with Crippen molar-refractivity contribution in [3.05, 3.63) is 33.2 Å². The summed E-state index contributed by atoms with van der Waals surface area (Å²) in [5.74, 6) is -1.09. The molecule has 1 unspecified atom stereocenters. The fourth-order valence-corrected chi connectivity index (χ4v) is 2.59. The molecule has 1 aromatic rings. The molecule has 1 aliphatic rings. The first-order chi connectivity index (χ1) is 8.56. The van der Waals surface area contributed by atoms with Crippen LogP contribution in [0.25, 0.3) is 0 Å². The van der Waals surface area contributed by atoms with Crippen molar-refractivity contribution in [1.29, 1.82) is 0 Å². The molecule has 1 aliphatic carbocycles. The van der Waals surface area contributed by atoms with Crippen LogP contribution in [0.4, 0.5) is 0 Å². The van der Waals surface area contributed by atoms with Crippen LogP contribution in [-0.4, -0.2) is 15.6 Å². The van der Waals surface area contributed by atoms with Gasteiger partial charge in [0.2, 0.25) is 0 Å². The number of pyridine rings is 1. The van der Waals surface area contributed by atoms with E-state index in [4.69, 9.17) is 0 Å². The molecule has 98 valence electrons. The van der Waals surface area contributed by atoms with Gasteiger partial charge in [0.25, 0.3) is 5.56 Å². The number of aromatic nitrogens is 1. The van der Waals surface area contributed by atoms with Gasteiger partial charge in [0, 0.05) is 12.2 Å². The lowest BCUT2D eigenvalue weighted by Crippen LogP contribution is -2.32. The minimum absolute atomic E-state index is 0.00694. The Hall–Kier alpha value is -1.58. The topological polar surface area (TPSA) is 59.3 Å². The molecule has 0 saturated heterocycles. The molecule has 4 heteroatoms. The van der Waals surface area contributed by atoms with Gasteiger partial charge in [-0.15, -0.1) is 0 Å². The van der Waals surface area contributed by atoms with Gasteiger partial charge in [-0.05, 0) is 50.2 Å². The number of hydrogen-bond donors (Lipinski definition) is 1. The minimum Gasteiger partial charge on any atom is -0.477 e. The number of rotatable bonds is 3. The Balaban J connectivity index is 2.69. The standard InChI is InChI=1S/C14H19NO3/c1-3-9(2)15-8-10-6-4-5-7-11(10)12(13(15)16)14(17)18/h8-9H,3-7H2,1-2H3,(H,17,18). The SMILES string of the molecule is CCC(C)n1cc2c(c(C(=O)O)c1=O)CCCC2. The summed E-state index contributed by atoms with van der Waals surface area (Å²) in [5, 5.41) is 9.29. The first-order valence-electron chi connectivity index (χ1n) is 6.56. The maximum absolute atomic E-state index is 12.3. The van der Waals surface area contributed by atoms with Crippen LogP contribution >= 0.6 is 0 Å². The van der Waals surface area contributed by atoms with E-state index in [2.05, 4.69) is 0 Å². The smallest absolute Gasteiger partial charge is 0.341 e. The van der Waals surface area contributed by atoms with E-state index in [-0.39, 0.29) is 17.2 Å². The molecule has 0 fully saturated rings. The van der Waals surface area contributed by atoms with Gasteiger partial charge < -0.3 is 9.67 Å². The second kappa shape index (κ2) is 4.96. The summed E-state index contributed by atoms with van der Waals surface area (Å²) in [6, 6.07) is 0.0443. The summed E-state index contributed by atoms with van der Waals surface area (Å²) in [6.45, 7) is 3.94. The molecule has 1 N–H and O–H groups in total. The van der Waals surface area contributed by atoms with Crippen LogP contribution in [0, 0.1) is 0 Å². The quantitative estimate of drug-likeness (QED) is 0.894. The van der Waals surface area contributed by atoms with Crippen molar-refractivity contribution in [1.82, 2.24) is 4.57 Å². The van der Waals surface area contributed by atoms with Crippen molar-refractivity contribution in [3.8, 4) is 0 Å². The Labute approximate surface area is 106 Å². The number of fused-ring (bicyclic) bond motifs is 1. The van der Waals surface area contributed by atoms with E-state index >= 15 is 0 Å². The number of carboxylic acids is 1. The molecular weight excluding hydrogens is 230 g/mol. The number of hydrogen-bond acceptors (Lipinski definition) is 2. The predicted molar refractivity (Wildman–Crippen MR) is 69.3 cm³/mol. The third-order valence-corrected chi connectivity index (χ3v) is 3.84. The van der Waals surface area contributed by atoms with E-state index in [0.29, 0.717) is 6.42 Å². The van der Waals surface area contributed by atoms with Gasteiger partial charge in [-0.25, -0.2) is 4.79 Å². The van der Waals surface area contributed by atoms with E-state index in [0.717, 1.165) is 36.8 Å². The fourth-order valence-electron chi connectivity index (χ4n) is 2.59.